The van der Waals surface area contributed by atoms with Gasteiger partial charge in [-0.25, -0.2) is 0 Å². The minimum Gasteiger partial charge on any atom is -0.493 e. The van der Waals surface area contributed by atoms with Crippen LogP contribution in [0, 0.1) is 0 Å². The van der Waals surface area contributed by atoms with Crippen molar-refractivity contribution < 1.29 is 14.3 Å². The molecule has 0 fully saturated rings. The van der Waals surface area contributed by atoms with Crippen LogP contribution in [0.2, 0.25) is 0 Å². The van der Waals surface area contributed by atoms with Crippen LogP contribution < -0.4 is 14.8 Å². The standard InChI is InChI=1S/C33H48N2O3S.BrH/c1-4-5-6-7-8-9-10-11-12-13-14-15-23-38-32-30(17-16-18-31(32)37-3)33(36)34-29-21-19-28(20-22-29)25-35-24-27(2)39-26-35;/h16-22,24H,4-15,23,25-26H2,1-3H3,(H,34,36);1H. The average Bonchev–Trinajstić information content (AvgIpc) is 3.36. The van der Waals surface area contributed by atoms with E-state index in [2.05, 4.69) is 42.4 Å². The Morgan fingerprint density at radius 3 is 2.10 bits per heavy atom. The number of unbranched alkanes of at least 4 members (excludes halogenated alkanes) is 11. The second-order valence-corrected chi connectivity index (χ2v) is 11.7. The van der Waals surface area contributed by atoms with E-state index >= 15 is 0 Å². The molecule has 5 nitrogen and oxygen atoms in total. The number of nitrogens with zero attached hydrogens (tertiary/aromatic N) is 1. The number of allylic oxidation sites excluding steroid dienone is 1. The molecule has 0 saturated heterocycles. The molecule has 0 spiro atoms. The van der Waals surface area contributed by atoms with E-state index in [9.17, 15) is 4.79 Å². The number of benzene rings is 2. The number of nitrogens with one attached hydrogen (secondary N) is 1. The van der Waals surface area contributed by atoms with Gasteiger partial charge in [0.25, 0.3) is 5.91 Å². The maximum atomic E-state index is 13.2. The number of methoxy groups -OCH3 is 1. The minimum atomic E-state index is -0.194. The lowest BCUT2D eigenvalue weighted by atomic mass is 10.1. The van der Waals surface area contributed by atoms with Crippen molar-refractivity contribution in [2.45, 2.75) is 97.4 Å². The minimum absolute atomic E-state index is 0. The monoisotopic (exact) mass is 632 g/mol. The van der Waals surface area contributed by atoms with Crippen LogP contribution in [-0.2, 0) is 6.54 Å². The van der Waals surface area contributed by atoms with Crippen molar-refractivity contribution in [1.82, 2.24) is 4.90 Å². The largest absolute Gasteiger partial charge is 0.493 e. The van der Waals surface area contributed by atoms with Crippen LogP contribution in [-0.4, -0.2) is 30.4 Å². The Bertz CT molecular complexity index is 1030. The second-order valence-electron chi connectivity index (χ2n) is 10.5. The van der Waals surface area contributed by atoms with Crippen LogP contribution in [0.15, 0.2) is 53.6 Å². The summed E-state index contributed by atoms with van der Waals surface area (Å²) in [5, 5.41) is 3.02. The molecule has 0 atom stereocenters. The lowest BCUT2D eigenvalue weighted by Gasteiger charge is -2.16. The van der Waals surface area contributed by atoms with E-state index in [0.29, 0.717) is 23.7 Å². The van der Waals surface area contributed by atoms with Gasteiger partial charge in [0.15, 0.2) is 11.5 Å². The van der Waals surface area contributed by atoms with Crippen molar-refractivity contribution in [3.63, 3.8) is 0 Å². The van der Waals surface area contributed by atoms with Crippen LogP contribution in [0.1, 0.15) is 107 Å². The Kier molecular flexibility index (Phi) is 16.9. The molecule has 1 amide bonds. The fourth-order valence-corrected chi connectivity index (χ4v) is 5.61. The molecule has 1 heterocycles. The fourth-order valence-electron chi connectivity index (χ4n) is 4.86. The molecule has 1 aliphatic heterocycles. The van der Waals surface area contributed by atoms with Crippen LogP contribution in [0.25, 0.3) is 0 Å². The highest BCUT2D eigenvalue weighted by molar-refractivity contribution is 8.93. The molecule has 7 heteroatoms. The summed E-state index contributed by atoms with van der Waals surface area (Å²) in [4.78, 5) is 16.8. The molecule has 0 aromatic heterocycles. The van der Waals surface area contributed by atoms with Crippen molar-refractivity contribution in [2.75, 3.05) is 24.9 Å². The molecule has 2 aromatic rings. The summed E-state index contributed by atoms with van der Waals surface area (Å²) < 4.78 is 11.6. The van der Waals surface area contributed by atoms with Gasteiger partial charge in [-0.1, -0.05) is 95.8 Å². The van der Waals surface area contributed by atoms with Gasteiger partial charge in [0.1, 0.15) is 0 Å². The molecule has 0 aliphatic carbocycles. The molecular weight excluding hydrogens is 584 g/mol. The first-order valence-electron chi connectivity index (χ1n) is 14.9. The molecule has 2 aromatic carbocycles. The summed E-state index contributed by atoms with van der Waals surface area (Å²) in [6.07, 6.45) is 17.8. The van der Waals surface area contributed by atoms with Crippen molar-refractivity contribution in [3.8, 4) is 11.5 Å². The lowest BCUT2D eigenvalue weighted by molar-refractivity contribution is 0.102. The lowest BCUT2D eigenvalue weighted by Crippen LogP contribution is -2.15. The highest BCUT2D eigenvalue weighted by atomic mass is 79.9. The van der Waals surface area contributed by atoms with E-state index < -0.39 is 0 Å². The van der Waals surface area contributed by atoms with E-state index in [0.717, 1.165) is 31.0 Å². The first-order valence-corrected chi connectivity index (χ1v) is 15.8. The maximum Gasteiger partial charge on any atom is 0.259 e. The predicted molar refractivity (Wildman–Crippen MR) is 176 cm³/mol. The number of carbonyl (C=O) groups is 1. The van der Waals surface area contributed by atoms with E-state index in [1.165, 1.54) is 74.7 Å². The van der Waals surface area contributed by atoms with Crippen molar-refractivity contribution in [3.05, 3.63) is 64.7 Å². The van der Waals surface area contributed by atoms with E-state index in [1.807, 2.05) is 36.0 Å². The molecule has 40 heavy (non-hydrogen) atoms. The smallest absolute Gasteiger partial charge is 0.259 e. The Morgan fingerprint density at radius 1 is 0.900 bits per heavy atom. The third kappa shape index (κ3) is 12.2. The predicted octanol–water partition coefficient (Wildman–Crippen LogP) is 9.97. The summed E-state index contributed by atoms with van der Waals surface area (Å²) in [5.74, 6) is 1.90. The Balaban J connectivity index is 0.00000560. The van der Waals surface area contributed by atoms with Gasteiger partial charge in [-0.05, 0) is 48.1 Å². The third-order valence-electron chi connectivity index (χ3n) is 7.11. The summed E-state index contributed by atoms with van der Waals surface area (Å²) in [6.45, 7) is 5.85. The van der Waals surface area contributed by atoms with Gasteiger partial charge >= 0.3 is 0 Å². The first kappa shape index (κ1) is 34.1. The third-order valence-corrected chi connectivity index (χ3v) is 8.13. The number of carbonyl (C=O) groups excluding carboxylic acids is 1. The summed E-state index contributed by atoms with van der Waals surface area (Å²) in [7, 11) is 1.61. The quantitative estimate of drug-likeness (QED) is 0.156. The van der Waals surface area contributed by atoms with Crippen molar-refractivity contribution >= 4 is 40.3 Å². The zero-order chi connectivity index (χ0) is 27.7. The molecular formula is C33H49BrN2O3S. The number of para-hydroxylation sites is 1. The SMILES string of the molecule is Br.CCCCCCCCCCCCCCOc1c(OC)cccc1C(=O)Nc1ccc(CN2C=C(C)SC2)cc1. The number of amides is 1. The summed E-state index contributed by atoms with van der Waals surface area (Å²) >= 11 is 1.86. The highest BCUT2D eigenvalue weighted by Crippen LogP contribution is 2.32. The molecule has 0 radical (unpaired) electrons. The van der Waals surface area contributed by atoms with Gasteiger partial charge in [-0.3, -0.25) is 4.79 Å². The molecule has 0 bridgehead atoms. The van der Waals surface area contributed by atoms with Crippen molar-refractivity contribution in [2.24, 2.45) is 0 Å². The molecule has 0 saturated carbocycles. The molecule has 0 unspecified atom stereocenters. The molecule has 1 N–H and O–H groups in total. The van der Waals surface area contributed by atoms with Gasteiger partial charge < -0.3 is 19.7 Å². The number of anilines is 1. The van der Waals surface area contributed by atoms with Gasteiger partial charge in [0.05, 0.1) is 25.2 Å². The average molecular weight is 634 g/mol. The molecule has 3 rings (SSSR count). The van der Waals surface area contributed by atoms with E-state index in [4.69, 9.17) is 9.47 Å². The fraction of sp³-hybridized carbons (Fsp3) is 0.545. The molecule has 1 aliphatic rings. The normalized spacial score (nSPS) is 12.6. The van der Waals surface area contributed by atoms with Gasteiger partial charge in [-0.15, -0.1) is 28.7 Å². The van der Waals surface area contributed by atoms with Crippen LogP contribution in [0.5, 0.6) is 11.5 Å². The zero-order valence-corrected chi connectivity index (χ0v) is 27.2. The number of hydrogen-bond donors (Lipinski definition) is 1. The molecule has 222 valence electrons. The Hall–Kier alpha value is -2.12. The summed E-state index contributed by atoms with van der Waals surface area (Å²) in [5.41, 5.74) is 2.47. The zero-order valence-electron chi connectivity index (χ0n) is 24.7. The summed E-state index contributed by atoms with van der Waals surface area (Å²) in [6, 6.07) is 13.5. The Labute approximate surface area is 257 Å². The Morgan fingerprint density at radius 2 is 1.52 bits per heavy atom. The van der Waals surface area contributed by atoms with Gasteiger partial charge in [0, 0.05) is 18.4 Å². The van der Waals surface area contributed by atoms with Crippen molar-refractivity contribution in [1.29, 1.82) is 0 Å². The highest BCUT2D eigenvalue weighted by Gasteiger charge is 2.18. The van der Waals surface area contributed by atoms with Crippen LogP contribution >= 0.6 is 28.7 Å². The number of hydrogen-bond acceptors (Lipinski definition) is 5. The van der Waals surface area contributed by atoms with Crippen LogP contribution in [0.3, 0.4) is 0 Å². The van der Waals surface area contributed by atoms with Gasteiger partial charge in [-0.2, -0.15) is 0 Å². The van der Waals surface area contributed by atoms with E-state index in [1.54, 1.807) is 13.2 Å². The number of rotatable bonds is 19. The first-order chi connectivity index (χ1) is 19.1. The topological polar surface area (TPSA) is 50.8 Å². The van der Waals surface area contributed by atoms with Crippen LogP contribution in [0.4, 0.5) is 5.69 Å². The van der Waals surface area contributed by atoms with E-state index in [-0.39, 0.29) is 22.9 Å². The maximum absolute atomic E-state index is 13.2. The number of thioether (sulfide) groups is 1. The van der Waals surface area contributed by atoms with Gasteiger partial charge in [0.2, 0.25) is 0 Å². The number of ether oxygens (including phenoxy) is 2. The number of halogens is 1. The second kappa shape index (κ2) is 19.9.